The Labute approximate surface area is 292 Å². The van der Waals surface area contributed by atoms with E-state index in [1.807, 2.05) is 0 Å². The summed E-state index contributed by atoms with van der Waals surface area (Å²) in [6, 6.07) is 8.72. The summed E-state index contributed by atoms with van der Waals surface area (Å²) in [6.07, 6.45) is 38.4. The number of pyridine rings is 2. The van der Waals surface area contributed by atoms with Gasteiger partial charge in [0.1, 0.15) is 0 Å². The van der Waals surface area contributed by atoms with Crippen molar-refractivity contribution in [2.75, 3.05) is 13.1 Å². The molecule has 0 saturated heterocycles. The van der Waals surface area contributed by atoms with E-state index >= 15 is 0 Å². The summed E-state index contributed by atoms with van der Waals surface area (Å²) >= 11 is 0. The quantitative estimate of drug-likeness (QED) is 0.0818. The molecule has 2 aromatic heterocycles. The average Bonchev–Trinajstić information content (AvgIpc) is 3.02. The Hall–Kier alpha value is -1.14. The van der Waals surface area contributed by atoms with E-state index in [2.05, 4.69) is 72.0 Å². The molecule has 0 fully saturated rings. The van der Waals surface area contributed by atoms with Gasteiger partial charge in [0.15, 0.2) is 0 Å². The van der Waals surface area contributed by atoms with Gasteiger partial charge in [0.2, 0.25) is 0 Å². The fraction of sp³-hybridized carbons (Fsp3) is 0.737. The molecule has 0 bridgehead atoms. The van der Waals surface area contributed by atoms with Crippen LogP contribution < -0.4 is 10.7 Å². The Kier molecular flexibility index (Phi) is 31.0. The van der Waals surface area contributed by atoms with Crippen molar-refractivity contribution in [3.8, 4) is 0 Å². The molecule has 254 valence electrons. The van der Waals surface area contributed by atoms with Crippen LogP contribution in [0.3, 0.4) is 0 Å². The van der Waals surface area contributed by atoms with Crippen molar-refractivity contribution in [3.05, 3.63) is 59.8 Å². The van der Waals surface area contributed by atoms with Gasteiger partial charge < -0.3 is 9.13 Å². The SMILES string of the molecule is Br.Br.CCCCCCCCCCN=c1ccn(CCCCCCCCn2ccc(=NCCCCCCCCCC)cc2)cc1. The fourth-order valence-corrected chi connectivity index (χ4v) is 5.61. The van der Waals surface area contributed by atoms with Crippen molar-refractivity contribution in [2.24, 2.45) is 9.98 Å². The summed E-state index contributed by atoms with van der Waals surface area (Å²) in [7, 11) is 0. The lowest BCUT2D eigenvalue weighted by Gasteiger charge is -2.07. The maximum absolute atomic E-state index is 4.77. The van der Waals surface area contributed by atoms with Gasteiger partial charge >= 0.3 is 0 Å². The van der Waals surface area contributed by atoms with E-state index in [-0.39, 0.29) is 34.0 Å². The maximum atomic E-state index is 4.77. The van der Waals surface area contributed by atoms with Crippen LogP contribution in [0.25, 0.3) is 0 Å². The minimum absolute atomic E-state index is 0. The first-order chi connectivity index (χ1) is 20.8. The van der Waals surface area contributed by atoms with Crippen molar-refractivity contribution >= 4 is 34.0 Å². The molecule has 0 saturated carbocycles. The van der Waals surface area contributed by atoms with Crippen LogP contribution in [0.1, 0.15) is 155 Å². The van der Waals surface area contributed by atoms with Crippen LogP contribution in [0, 0.1) is 0 Å². The zero-order valence-corrected chi connectivity index (χ0v) is 32.0. The van der Waals surface area contributed by atoms with E-state index < -0.39 is 0 Å². The monoisotopic (exact) mass is 738 g/mol. The summed E-state index contributed by atoms with van der Waals surface area (Å²) < 4.78 is 4.63. The van der Waals surface area contributed by atoms with E-state index in [0.717, 1.165) is 36.9 Å². The summed E-state index contributed by atoms with van der Waals surface area (Å²) in [5, 5.41) is 2.27. The Balaban J connectivity index is 0.00000924. The van der Waals surface area contributed by atoms with Gasteiger partial charge in [0.25, 0.3) is 0 Å². The van der Waals surface area contributed by atoms with E-state index in [4.69, 9.17) is 9.98 Å². The van der Waals surface area contributed by atoms with Crippen LogP contribution in [0.5, 0.6) is 0 Å². The molecule has 0 atom stereocenters. The largest absolute Gasteiger partial charge is 0.354 e. The lowest BCUT2D eigenvalue weighted by atomic mass is 10.1. The van der Waals surface area contributed by atoms with Gasteiger partial charge in [-0.2, -0.15) is 0 Å². The van der Waals surface area contributed by atoms with E-state index in [0.29, 0.717) is 0 Å². The molecule has 0 aliphatic carbocycles. The van der Waals surface area contributed by atoms with E-state index in [9.17, 15) is 0 Å². The molecule has 0 unspecified atom stereocenters. The second-order valence-corrected chi connectivity index (χ2v) is 12.4. The van der Waals surface area contributed by atoms with Crippen LogP contribution in [0.4, 0.5) is 0 Å². The first-order valence-electron chi connectivity index (χ1n) is 18.1. The lowest BCUT2D eigenvalue weighted by molar-refractivity contribution is 0.529. The van der Waals surface area contributed by atoms with Gasteiger partial charge in [-0.3, -0.25) is 9.98 Å². The standard InChI is InChI=1S/C38H66N4.2BrH/c1-3-5-7-9-11-13-17-21-29-39-37-25-33-41(34-26-37)31-23-19-15-16-20-24-32-42-35-27-38(28-36-42)40-30-22-18-14-12-10-8-6-4-2;;/h25-28,33-36H,3-24,29-32H2,1-2H3;2*1H. The molecule has 6 heteroatoms. The third-order valence-corrected chi connectivity index (χ3v) is 8.44. The normalized spacial score (nSPS) is 10.7. The van der Waals surface area contributed by atoms with Gasteiger partial charge in [-0.1, -0.05) is 129 Å². The second kappa shape index (κ2) is 31.8. The van der Waals surface area contributed by atoms with Gasteiger partial charge in [-0.25, -0.2) is 0 Å². The Morgan fingerprint density at radius 2 is 0.659 bits per heavy atom. The zero-order valence-electron chi connectivity index (χ0n) is 28.6. The molecular formula is C38H68Br2N4. The predicted octanol–water partition coefficient (Wildman–Crippen LogP) is 11.6. The Morgan fingerprint density at radius 1 is 0.386 bits per heavy atom. The number of hydrogen-bond donors (Lipinski definition) is 0. The summed E-state index contributed by atoms with van der Waals surface area (Å²) in [4.78, 5) is 9.54. The highest BCUT2D eigenvalue weighted by atomic mass is 79.9. The van der Waals surface area contributed by atoms with E-state index in [1.165, 1.54) is 141 Å². The van der Waals surface area contributed by atoms with Crippen molar-refractivity contribution in [2.45, 2.75) is 168 Å². The Bertz CT molecular complexity index is 892. The molecule has 0 aliphatic rings. The molecule has 0 aromatic carbocycles. The summed E-state index contributed by atoms with van der Waals surface area (Å²) in [6.45, 7) is 8.74. The summed E-state index contributed by atoms with van der Waals surface area (Å²) in [5.74, 6) is 0. The number of halogens is 2. The first kappa shape index (κ1) is 42.9. The molecule has 4 nitrogen and oxygen atoms in total. The number of aryl methyl sites for hydroxylation is 2. The van der Waals surface area contributed by atoms with Gasteiger partial charge in [0.05, 0.1) is 10.7 Å². The molecule has 0 spiro atoms. The smallest absolute Gasteiger partial charge is 0.0603 e. The first-order valence-corrected chi connectivity index (χ1v) is 18.1. The lowest BCUT2D eigenvalue weighted by Crippen LogP contribution is -2.07. The average molecular weight is 741 g/mol. The van der Waals surface area contributed by atoms with Crippen molar-refractivity contribution in [1.82, 2.24) is 9.13 Å². The highest BCUT2D eigenvalue weighted by molar-refractivity contribution is 8.93. The third kappa shape index (κ3) is 24.1. The molecular weight excluding hydrogens is 672 g/mol. The minimum atomic E-state index is 0. The molecule has 2 rings (SSSR count). The van der Waals surface area contributed by atoms with Crippen LogP contribution in [-0.2, 0) is 13.1 Å². The topological polar surface area (TPSA) is 34.6 Å². The molecule has 2 heterocycles. The van der Waals surface area contributed by atoms with Crippen molar-refractivity contribution in [3.63, 3.8) is 0 Å². The number of nitrogens with zero attached hydrogens (tertiary/aromatic N) is 4. The number of unbranched alkanes of at least 4 members (excludes halogenated alkanes) is 19. The fourth-order valence-electron chi connectivity index (χ4n) is 5.61. The highest BCUT2D eigenvalue weighted by Crippen LogP contribution is 2.10. The molecule has 2 aromatic rings. The van der Waals surface area contributed by atoms with Gasteiger partial charge in [-0.05, 0) is 49.9 Å². The number of rotatable bonds is 27. The highest BCUT2D eigenvalue weighted by Gasteiger charge is 1.96. The predicted molar refractivity (Wildman–Crippen MR) is 203 cm³/mol. The molecule has 0 radical (unpaired) electrons. The molecule has 0 N–H and O–H groups in total. The molecule has 44 heavy (non-hydrogen) atoms. The van der Waals surface area contributed by atoms with Gasteiger partial charge in [-0.15, -0.1) is 34.0 Å². The molecule has 0 aliphatic heterocycles. The van der Waals surface area contributed by atoms with E-state index in [1.54, 1.807) is 0 Å². The Morgan fingerprint density at radius 3 is 0.977 bits per heavy atom. The second-order valence-electron chi connectivity index (χ2n) is 12.4. The number of aromatic nitrogens is 2. The zero-order chi connectivity index (χ0) is 29.8. The van der Waals surface area contributed by atoms with Crippen LogP contribution in [-0.4, -0.2) is 22.2 Å². The van der Waals surface area contributed by atoms with Crippen LogP contribution in [0.15, 0.2) is 59.0 Å². The van der Waals surface area contributed by atoms with Crippen LogP contribution >= 0.6 is 34.0 Å². The van der Waals surface area contributed by atoms with Crippen molar-refractivity contribution < 1.29 is 0 Å². The number of hydrogen-bond acceptors (Lipinski definition) is 2. The third-order valence-electron chi connectivity index (χ3n) is 8.44. The van der Waals surface area contributed by atoms with Crippen LogP contribution in [0.2, 0.25) is 0 Å². The van der Waals surface area contributed by atoms with Gasteiger partial charge in [0, 0.05) is 51.0 Å². The minimum Gasteiger partial charge on any atom is -0.354 e. The summed E-state index contributed by atoms with van der Waals surface area (Å²) in [5.41, 5.74) is 0. The van der Waals surface area contributed by atoms with Crippen molar-refractivity contribution in [1.29, 1.82) is 0 Å². The molecule has 0 amide bonds. The maximum Gasteiger partial charge on any atom is 0.0603 e.